The van der Waals surface area contributed by atoms with E-state index in [1.54, 1.807) is 17.4 Å². The number of fused-ring (bicyclic) bond motifs is 1. The minimum atomic E-state index is -0.321. The molecule has 2 aromatic rings. The van der Waals surface area contributed by atoms with E-state index in [9.17, 15) is 9.59 Å². The van der Waals surface area contributed by atoms with Crippen LogP contribution in [-0.2, 0) is 12.8 Å². The largest absolute Gasteiger partial charge is 0.343 e. The zero-order chi connectivity index (χ0) is 16.6. The number of nitrogens with zero attached hydrogens (tertiary/aromatic N) is 1. The molecule has 2 N–H and O–H groups in total. The first kappa shape index (κ1) is 15.9. The second kappa shape index (κ2) is 6.28. The number of aromatic amines is 1. The van der Waals surface area contributed by atoms with E-state index in [0.717, 1.165) is 52.5 Å². The van der Waals surface area contributed by atoms with Gasteiger partial charge in [-0.05, 0) is 51.2 Å². The first-order chi connectivity index (χ1) is 11.0. The smallest absolute Gasteiger partial charge is 0.261 e. The maximum atomic E-state index is 12.5. The van der Waals surface area contributed by atoms with Gasteiger partial charge in [-0.2, -0.15) is 0 Å². The first-order valence-corrected chi connectivity index (χ1v) is 8.81. The molecule has 1 aliphatic carbocycles. The van der Waals surface area contributed by atoms with E-state index in [2.05, 4.69) is 15.3 Å². The van der Waals surface area contributed by atoms with E-state index in [1.165, 1.54) is 0 Å². The fraction of sp³-hybridized carbons (Fsp3) is 0.471. The Labute approximate surface area is 139 Å². The second-order valence-electron chi connectivity index (χ2n) is 6.00. The molecule has 5 nitrogen and oxygen atoms in total. The van der Waals surface area contributed by atoms with Crippen LogP contribution in [0.4, 0.5) is 0 Å². The maximum Gasteiger partial charge on any atom is 0.261 e. The molecule has 0 saturated heterocycles. The van der Waals surface area contributed by atoms with Gasteiger partial charge in [0.25, 0.3) is 11.5 Å². The lowest BCUT2D eigenvalue weighted by molar-refractivity contribution is 0.0934. The highest BCUT2D eigenvalue weighted by Gasteiger charge is 2.22. The molecular formula is C17H21N3O2S. The predicted octanol–water partition coefficient (Wildman–Crippen LogP) is 2.82. The minimum absolute atomic E-state index is 0.160. The van der Waals surface area contributed by atoms with Crippen molar-refractivity contribution in [1.82, 2.24) is 15.3 Å². The molecule has 0 radical (unpaired) electrons. The number of aryl methyl sites for hydroxylation is 4. The van der Waals surface area contributed by atoms with E-state index in [4.69, 9.17) is 0 Å². The van der Waals surface area contributed by atoms with Gasteiger partial charge in [-0.1, -0.05) is 6.92 Å². The fourth-order valence-electron chi connectivity index (χ4n) is 2.90. The minimum Gasteiger partial charge on any atom is -0.343 e. The molecule has 1 atom stereocenters. The summed E-state index contributed by atoms with van der Waals surface area (Å²) in [4.78, 5) is 33.2. The number of carbonyl (C=O) groups excluding carboxylic acids is 1. The van der Waals surface area contributed by atoms with Crippen LogP contribution < -0.4 is 10.9 Å². The van der Waals surface area contributed by atoms with Gasteiger partial charge in [-0.25, -0.2) is 4.98 Å². The standard InChI is InChI=1S/C17H21N3O2S/c1-4-13(17-18-9(2)10(3)23-17)19-15(21)12-8-11-6-5-7-14(11)20-16(12)22/h8,13H,4-7H2,1-3H3,(H,19,21)(H,20,22). The predicted molar refractivity (Wildman–Crippen MR) is 91.2 cm³/mol. The van der Waals surface area contributed by atoms with Crippen molar-refractivity contribution >= 4 is 17.2 Å². The molecule has 1 aliphatic rings. The lowest BCUT2D eigenvalue weighted by Crippen LogP contribution is -2.33. The highest BCUT2D eigenvalue weighted by atomic mass is 32.1. The van der Waals surface area contributed by atoms with Crippen LogP contribution in [0.25, 0.3) is 0 Å². The summed E-state index contributed by atoms with van der Waals surface area (Å²) in [6.45, 7) is 6.00. The first-order valence-electron chi connectivity index (χ1n) is 7.99. The summed E-state index contributed by atoms with van der Waals surface area (Å²) in [5.74, 6) is -0.321. The van der Waals surface area contributed by atoms with Gasteiger partial charge in [0.2, 0.25) is 0 Å². The Morgan fingerprint density at radius 2 is 2.22 bits per heavy atom. The van der Waals surface area contributed by atoms with E-state index in [1.807, 2.05) is 20.8 Å². The van der Waals surface area contributed by atoms with Crippen molar-refractivity contribution in [3.63, 3.8) is 0 Å². The number of nitrogens with one attached hydrogen (secondary N) is 2. The Hall–Kier alpha value is -1.95. The van der Waals surface area contributed by atoms with E-state index >= 15 is 0 Å². The quantitative estimate of drug-likeness (QED) is 0.904. The molecule has 0 spiro atoms. The third kappa shape index (κ3) is 3.08. The van der Waals surface area contributed by atoms with Crippen LogP contribution in [-0.4, -0.2) is 15.9 Å². The Morgan fingerprint density at radius 1 is 1.43 bits per heavy atom. The lowest BCUT2D eigenvalue weighted by Gasteiger charge is -2.14. The summed E-state index contributed by atoms with van der Waals surface area (Å²) < 4.78 is 0. The third-order valence-corrected chi connectivity index (χ3v) is 5.58. The van der Waals surface area contributed by atoms with Crippen molar-refractivity contribution in [2.24, 2.45) is 0 Å². The summed E-state index contributed by atoms with van der Waals surface area (Å²) in [6.07, 6.45) is 3.59. The summed E-state index contributed by atoms with van der Waals surface area (Å²) >= 11 is 1.60. The van der Waals surface area contributed by atoms with Gasteiger partial charge in [0.05, 0.1) is 11.7 Å². The van der Waals surface area contributed by atoms with Gasteiger partial charge in [-0.3, -0.25) is 9.59 Å². The number of H-pyrrole nitrogens is 1. The number of amides is 1. The van der Waals surface area contributed by atoms with Crippen LogP contribution >= 0.6 is 11.3 Å². The van der Waals surface area contributed by atoms with Crippen LogP contribution in [0.2, 0.25) is 0 Å². The van der Waals surface area contributed by atoms with Crippen LogP contribution in [0.5, 0.6) is 0 Å². The van der Waals surface area contributed by atoms with Gasteiger partial charge in [0.15, 0.2) is 0 Å². The molecule has 6 heteroatoms. The van der Waals surface area contributed by atoms with Gasteiger partial charge in [0, 0.05) is 10.6 Å². The highest BCUT2D eigenvalue weighted by molar-refractivity contribution is 7.11. The summed E-state index contributed by atoms with van der Waals surface area (Å²) in [7, 11) is 0. The Balaban J connectivity index is 1.84. The molecule has 0 fully saturated rings. The molecule has 1 amide bonds. The van der Waals surface area contributed by atoms with Crippen molar-refractivity contribution in [2.45, 2.75) is 52.5 Å². The molecule has 0 aliphatic heterocycles. The van der Waals surface area contributed by atoms with Gasteiger partial charge < -0.3 is 10.3 Å². The van der Waals surface area contributed by atoms with E-state index < -0.39 is 0 Å². The van der Waals surface area contributed by atoms with Crippen molar-refractivity contribution < 1.29 is 4.79 Å². The van der Waals surface area contributed by atoms with Crippen LogP contribution in [0.15, 0.2) is 10.9 Å². The molecule has 0 bridgehead atoms. The van der Waals surface area contributed by atoms with Crippen molar-refractivity contribution in [3.05, 3.63) is 48.8 Å². The zero-order valence-electron chi connectivity index (χ0n) is 13.7. The van der Waals surface area contributed by atoms with Crippen LogP contribution in [0.3, 0.4) is 0 Å². The number of hydrogen-bond donors (Lipinski definition) is 2. The normalized spacial score (nSPS) is 14.6. The molecular weight excluding hydrogens is 310 g/mol. The zero-order valence-corrected chi connectivity index (χ0v) is 14.5. The number of carbonyl (C=O) groups is 1. The van der Waals surface area contributed by atoms with Gasteiger partial charge in [-0.15, -0.1) is 11.3 Å². The Morgan fingerprint density at radius 3 is 2.87 bits per heavy atom. The number of thiazole rings is 1. The second-order valence-corrected chi connectivity index (χ2v) is 7.23. The van der Waals surface area contributed by atoms with E-state index in [0.29, 0.717) is 0 Å². The summed E-state index contributed by atoms with van der Waals surface area (Å²) in [5, 5.41) is 3.86. The number of aromatic nitrogens is 2. The molecule has 0 aromatic carbocycles. The molecule has 0 saturated carbocycles. The van der Waals surface area contributed by atoms with Crippen LogP contribution in [0.1, 0.15) is 63.0 Å². The topological polar surface area (TPSA) is 74.8 Å². The van der Waals surface area contributed by atoms with Crippen molar-refractivity contribution in [2.75, 3.05) is 0 Å². The third-order valence-electron chi connectivity index (χ3n) is 4.39. The SMILES string of the molecule is CCC(NC(=O)c1cc2c([nH]c1=O)CCC2)c1nc(C)c(C)s1. The monoisotopic (exact) mass is 331 g/mol. The average Bonchev–Trinajstić information content (AvgIpc) is 3.10. The van der Waals surface area contributed by atoms with Crippen molar-refractivity contribution in [1.29, 1.82) is 0 Å². The number of hydrogen-bond acceptors (Lipinski definition) is 4. The summed E-state index contributed by atoms with van der Waals surface area (Å²) in [6, 6.07) is 1.59. The molecule has 23 heavy (non-hydrogen) atoms. The molecule has 2 aromatic heterocycles. The number of rotatable bonds is 4. The van der Waals surface area contributed by atoms with Gasteiger partial charge >= 0.3 is 0 Å². The molecule has 122 valence electrons. The lowest BCUT2D eigenvalue weighted by atomic mass is 10.1. The highest BCUT2D eigenvalue weighted by Crippen LogP contribution is 2.25. The van der Waals surface area contributed by atoms with Crippen molar-refractivity contribution in [3.8, 4) is 0 Å². The van der Waals surface area contributed by atoms with Gasteiger partial charge in [0.1, 0.15) is 10.6 Å². The van der Waals surface area contributed by atoms with Crippen LogP contribution in [0, 0.1) is 13.8 Å². The maximum absolute atomic E-state index is 12.5. The average molecular weight is 331 g/mol. The van der Waals surface area contributed by atoms with E-state index in [-0.39, 0.29) is 23.1 Å². The molecule has 1 unspecified atom stereocenters. The molecule has 2 heterocycles. The Kier molecular flexibility index (Phi) is 4.35. The Bertz CT molecular complexity index is 787. The number of pyridine rings is 1. The summed E-state index contributed by atoms with van der Waals surface area (Å²) in [5.41, 5.74) is 2.96. The molecule has 3 rings (SSSR count). The fourth-order valence-corrected chi connectivity index (χ4v) is 3.96.